The summed E-state index contributed by atoms with van der Waals surface area (Å²) in [5.41, 5.74) is 1.17. The number of ether oxygens (including phenoxy) is 3. The average Bonchev–Trinajstić information content (AvgIpc) is 2.89. The van der Waals surface area contributed by atoms with Crippen molar-refractivity contribution in [2.24, 2.45) is 5.92 Å². The van der Waals surface area contributed by atoms with Gasteiger partial charge in [0.1, 0.15) is 17.1 Å². The first-order valence-corrected chi connectivity index (χ1v) is 13.1. The molecule has 0 aliphatic carbocycles. The Bertz CT molecular complexity index is 1450. The molecule has 39 heavy (non-hydrogen) atoms. The van der Waals surface area contributed by atoms with Crippen LogP contribution >= 0.6 is 11.6 Å². The number of amides is 1. The third-order valence-corrected chi connectivity index (χ3v) is 7.36. The van der Waals surface area contributed by atoms with Crippen LogP contribution in [-0.2, 0) is 16.1 Å². The van der Waals surface area contributed by atoms with E-state index < -0.39 is 0 Å². The van der Waals surface area contributed by atoms with E-state index in [1.54, 1.807) is 36.1 Å². The molecule has 2 aliphatic rings. The largest absolute Gasteiger partial charge is 0.497 e. The normalized spacial score (nSPS) is 15.9. The predicted octanol–water partition coefficient (Wildman–Crippen LogP) is 2.17. The summed E-state index contributed by atoms with van der Waals surface area (Å²) in [5.74, 6) is 1.60. The highest BCUT2D eigenvalue weighted by Gasteiger charge is 2.28. The van der Waals surface area contributed by atoms with E-state index in [-0.39, 0.29) is 17.5 Å². The molecule has 4 heterocycles. The third kappa shape index (κ3) is 5.70. The van der Waals surface area contributed by atoms with Crippen LogP contribution in [0.25, 0.3) is 22.2 Å². The maximum atomic E-state index is 14.0. The number of hydrogen-bond acceptors (Lipinski definition) is 9. The van der Waals surface area contributed by atoms with Crippen LogP contribution in [-0.4, -0.2) is 85.0 Å². The highest BCUT2D eigenvalue weighted by molar-refractivity contribution is 6.35. The molecule has 11 nitrogen and oxygen atoms in total. The number of halogens is 1. The van der Waals surface area contributed by atoms with Crippen LogP contribution in [0, 0.1) is 5.92 Å². The quantitative estimate of drug-likeness (QED) is 0.344. The molecule has 0 radical (unpaired) electrons. The Morgan fingerprint density at radius 2 is 2.00 bits per heavy atom. The highest BCUT2D eigenvalue weighted by Crippen LogP contribution is 2.38. The minimum Gasteiger partial charge on any atom is -0.497 e. The van der Waals surface area contributed by atoms with E-state index in [2.05, 4.69) is 27.1 Å². The van der Waals surface area contributed by atoms with E-state index in [0.717, 1.165) is 0 Å². The summed E-state index contributed by atoms with van der Waals surface area (Å²) >= 11 is 6.66. The summed E-state index contributed by atoms with van der Waals surface area (Å²) in [6.07, 6.45) is 2.97. The van der Waals surface area contributed by atoms with E-state index in [4.69, 9.17) is 30.8 Å². The van der Waals surface area contributed by atoms with Crippen molar-refractivity contribution in [2.75, 3.05) is 58.9 Å². The van der Waals surface area contributed by atoms with Crippen molar-refractivity contribution in [3.05, 3.63) is 52.4 Å². The summed E-state index contributed by atoms with van der Waals surface area (Å²) in [4.78, 5) is 36.9. The second kappa shape index (κ2) is 11.6. The summed E-state index contributed by atoms with van der Waals surface area (Å²) in [5, 5.41) is 7.15. The van der Waals surface area contributed by atoms with Gasteiger partial charge in [-0.3, -0.25) is 19.1 Å². The molecular formula is C27H31ClN6O5. The second-order valence-corrected chi connectivity index (χ2v) is 10.0. The summed E-state index contributed by atoms with van der Waals surface area (Å²) in [7, 11) is 3.06. The standard InChI is InChI=1S/C27H31ClN6O5/c1-4-23(35)31-18-12-33(13-18)5-6-34-25-17(11-30-27(32-25)29-10-16-14-39-15-16)7-21(26(34)36)20-8-19(37-2)9-22(38-3)24(20)28/h4,7-9,11,16,18H,1,5-6,10,12-15H2,2-3H3,(H,31,35)(H,29,30,32). The van der Waals surface area contributed by atoms with Gasteiger partial charge >= 0.3 is 0 Å². The van der Waals surface area contributed by atoms with Crippen molar-refractivity contribution in [3.8, 4) is 22.6 Å². The first-order chi connectivity index (χ1) is 18.9. The van der Waals surface area contributed by atoms with Gasteiger partial charge in [0.2, 0.25) is 11.9 Å². The van der Waals surface area contributed by atoms with Gasteiger partial charge in [0.15, 0.2) is 0 Å². The van der Waals surface area contributed by atoms with Crippen molar-refractivity contribution in [1.82, 2.24) is 24.8 Å². The summed E-state index contributed by atoms with van der Waals surface area (Å²) in [6.45, 7) is 7.97. The molecule has 0 saturated carbocycles. The molecule has 2 aliphatic heterocycles. The van der Waals surface area contributed by atoms with Crippen LogP contribution in [0.3, 0.4) is 0 Å². The lowest BCUT2D eigenvalue weighted by Crippen LogP contribution is -2.59. The number of nitrogens with zero attached hydrogens (tertiary/aromatic N) is 4. The van der Waals surface area contributed by atoms with Gasteiger partial charge in [-0.05, 0) is 18.2 Å². The molecule has 0 bridgehead atoms. The number of carbonyl (C=O) groups excluding carboxylic acids is 1. The van der Waals surface area contributed by atoms with Gasteiger partial charge in [0, 0.05) is 67.4 Å². The van der Waals surface area contributed by atoms with Gasteiger partial charge in [-0.1, -0.05) is 18.2 Å². The number of fused-ring (bicyclic) bond motifs is 1. The van der Waals surface area contributed by atoms with E-state index in [1.807, 2.05) is 0 Å². The Kier molecular flexibility index (Phi) is 8.01. The minimum absolute atomic E-state index is 0.0620. The molecular weight excluding hydrogens is 524 g/mol. The number of benzene rings is 1. The van der Waals surface area contributed by atoms with Gasteiger partial charge in [-0.15, -0.1) is 0 Å². The van der Waals surface area contributed by atoms with Gasteiger partial charge in [0.05, 0.1) is 38.5 Å². The molecule has 12 heteroatoms. The second-order valence-electron chi connectivity index (χ2n) is 9.63. The zero-order valence-corrected chi connectivity index (χ0v) is 22.7. The summed E-state index contributed by atoms with van der Waals surface area (Å²) in [6, 6.07) is 5.21. The number of anilines is 1. The van der Waals surface area contributed by atoms with Crippen molar-refractivity contribution < 1.29 is 19.0 Å². The summed E-state index contributed by atoms with van der Waals surface area (Å²) < 4.78 is 17.7. The number of hydrogen-bond donors (Lipinski definition) is 2. The van der Waals surface area contributed by atoms with E-state index in [1.165, 1.54) is 13.2 Å². The molecule has 2 fully saturated rings. The van der Waals surface area contributed by atoms with Gasteiger partial charge in [-0.2, -0.15) is 4.98 Å². The zero-order chi connectivity index (χ0) is 27.5. The van der Waals surface area contributed by atoms with E-state index >= 15 is 0 Å². The van der Waals surface area contributed by atoms with Crippen molar-refractivity contribution in [3.63, 3.8) is 0 Å². The van der Waals surface area contributed by atoms with Gasteiger partial charge in [0.25, 0.3) is 5.56 Å². The van der Waals surface area contributed by atoms with Crippen LogP contribution in [0.2, 0.25) is 5.02 Å². The van der Waals surface area contributed by atoms with E-state index in [0.29, 0.717) is 96.5 Å². The fourth-order valence-corrected chi connectivity index (χ4v) is 4.95. The van der Waals surface area contributed by atoms with Crippen molar-refractivity contribution in [1.29, 1.82) is 0 Å². The predicted molar refractivity (Wildman–Crippen MR) is 149 cm³/mol. The Hall–Kier alpha value is -3.67. The molecule has 0 atom stereocenters. The van der Waals surface area contributed by atoms with Crippen LogP contribution < -0.4 is 25.7 Å². The number of methoxy groups -OCH3 is 2. The fraction of sp³-hybridized carbons (Fsp3) is 0.407. The Labute approximate surface area is 230 Å². The minimum atomic E-state index is -0.242. The molecule has 3 aromatic rings. The fourth-order valence-electron chi connectivity index (χ4n) is 4.66. The first-order valence-electron chi connectivity index (χ1n) is 12.7. The molecule has 5 rings (SSSR count). The Balaban J connectivity index is 1.49. The molecule has 1 aromatic carbocycles. The molecule has 0 unspecified atom stereocenters. The highest BCUT2D eigenvalue weighted by atomic mass is 35.5. The molecule has 206 valence electrons. The smallest absolute Gasteiger partial charge is 0.260 e. The van der Waals surface area contributed by atoms with Gasteiger partial charge in [-0.25, -0.2) is 4.98 Å². The maximum absolute atomic E-state index is 14.0. The van der Waals surface area contributed by atoms with Crippen molar-refractivity contribution in [2.45, 2.75) is 12.6 Å². The number of aromatic nitrogens is 3. The number of pyridine rings is 1. The first kappa shape index (κ1) is 26.9. The monoisotopic (exact) mass is 554 g/mol. The van der Waals surface area contributed by atoms with Crippen LogP contribution in [0.4, 0.5) is 5.95 Å². The average molecular weight is 555 g/mol. The third-order valence-electron chi connectivity index (χ3n) is 6.97. The van der Waals surface area contributed by atoms with Crippen LogP contribution in [0.15, 0.2) is 41.8 Å². The Morgan fingerprint density at radius 3 is 2.67 bits per heavy atom. The molecule has 2 N–H and O–H groups in total. The van der Waals surface area contributed by atoms with Crippen LogP contribution in [0.1, 0.15) is 0 Å². The van der Waals surface area contributed by atoms with Crippen LogP contribution in [0.5, 0.6) is 11.5 Å². The number of carbonyl (C=O) groups is 1. The lowest BCUT2D eigenvalue weighted by molar-refractivity contribution is -0.118. The lowest BCUT2D eigenvalue weighted by atomic mass is 10.0. The van der Waals surface area contributed by atoms with Gasteiger partial charge < -0.3 is 24.8 Å². The number of rotatable bonds is 11. The number of nitrogens with one attached hydrogen (secondary N) is 2. The molecule has 1 amide bonds. The number of likely N-dealkylation sites (tertiary alicyclic amines) is 1. The lowest BCUT2D eigenvalue weighted by Gasteiger charge is -2.39. The maximum Gasteiger partial charge on any atom is 0.260 e. The molecule has 2 aromatic heterocycles. The molecule has 0 spiro atoms. The van der Waals surface area contributed by atoms with E-state index in [9.17, 15) is 9.59 Å². The molecule has 2 saturated heterocycles. The Morgan fingerprint density at radius 1 is 1.21 bits per heavy atom. The topological polar surface area (TPSA) is 120 Å². The SMILES string of the molecule is C=CC(=O)NC1CN(CCn2c(=O)c(-c3cc(OC)cc(OC)c3Cl)cc3cnc(NCC4COC4)nc32)C1. The van der Waals surface area contributed by atoms with Crippen molar-refractivity contribution >= 4 is 34.5 Å². The zero-order valence-electron chi connectivity index (χ0n) is 21.9.